The zero-order chi connectivity index (χ0) is 26.9. The Morgan fingerprint density at radius 1 is 0.974 bits per heavy atom. The number of anilines is 1. The molecule has 6 rings (SSSR count). The molecule has 0 saturated carbocycles. The summed E-state index contributed by atoms with van der Waals surface area (Å²) in [6.45, 7) is 0.291. The van der Waals surface area contributed by atoms with E-state index in [4.69, 9.17) is 30.5 Å². The molecule has 0 aromatic heterocycles. The van der Waals surface area contributed by atoms with E-state index in [0.29, 0.717) is 46.5 Å². The highest BCUT2D eigenvalue weighted by atomic mass is 35.5. The van der Waals surface area contributed by atoms with Crippen molar-refractivity contribution in [2.24, 2.45) is 0 Å². The number of halogens is 1. The van der Waals surface area contributed by atoms with Crippen LogP contribution in [0.1, 0.15) is 40.2 Å². The molecular weight excluding hydrogens is 524 g/mol. The average Bonchev–Trinajstić information content (AvgIpc) is 3.56. The van der Waals surface area contributed by atoms with Gasteiger partial charge in [0.25, 0.3) is 5.91 Å². The Bertz CT molecular complexity index is 1400. The van der Waals surface area contributed by atoms with E-state index in [0.717, 1.165) is 11.1 Å². The molecule has 10 heteroatoms. The minimum Gasteiger partial charge on any atom is -0.487 e. The molecule has 3 heterocycles. The summed E-state index contributed by atoms with van der Waals surface area (Å²) in [5.41, 5.74) is 2.92. The number of hydrogen-bond acceptors (Lipinski definition) is 7. The monoisotopic (exact) mass is 550 g/mol. The molecule has 0 unspecified atom stereocenters. The summed E-state index contributed by atoms with van der Waals surface area (Å²) < 4.78 is 22.9. The summed E-state index contributed by atoms with van der Waals surface area (Å²) in [6.07, 6.45) is -0.643. The Kier molecular flexibility index (Phi) is 7.03. The number of aliphatic hydroxyl groups is 1. The molecule has 9 nitrogen and oxygen atoms in total. The standard InChI is InChI=1S/C29H27ClN2O7/c30-18-4-1-16(2-5-18)13-31-27(34)12-20-11-22-21-10-19(6-8-23(21)39-28(22)26(14-33)38-20)32-29(35)17-3-7-24-25(9-17)37-15-36-24/h1-10,20,22,26,28,33H,11-15H2,(H,31,34)(H,32,35)/t20-,22-,26+,28+/m0/s1. The molecule has 4 atom stereocenters. The van der Waals surface area contributed by atoms with Crippen LogP contribution in [0, 0.1) is 0 Å². The second kappa shape index (κ2) is 10.8. The van der Waals surface area contributed by atoms with Crippen molar-refractivity contribution in [2.75, 3.05) is 18.7 Å². The van der Waals surface area contributed by atoms with E-state index in [2.05, 4.69) is 10.6 Å². The highest BCUT2D eigenvalue weighted by Crippen LogP contribution is 2.47. The zero-order valence-corrected chi connectivity index (χ0v) is 21.6. The molecule has 1 saturated heterocycles. The molecule has 2 amide bonds. The maximum atomic E-state index is 12.9. The number of carbonyl (C=O) groups excluding carboxylic acids is 2. The summed E-state index contributed by atoms with van der Waals surface area (Å²) >= 11 is 5.93. The molecule has 1 fully saturated rings. The fourth-order valence-electron chi connectivity index (χ4n) is 5.29. The fraction of sp³-hybridized carbons (Fsp3) is 0.310. The SMILES string of the molecule is O=C(C[C@@H]1C[C@H]2c3cc(NC(=O)c4ccc5c(c4)OCO5)ccc3O[C@H]2[C@@H](CO)O1)NCc1ccc(Cl)cc1. The lowest BCUT2D eigenvalue weighted by atomic mass is 9.84. The smallest absolute Gasteiger partial charge is 0.255 e. The van der Waals surface area contributed by atoms with Gasteiger partial charge in [-0.3, -0.25) is 9.59 Å². The van der Waals surface area contributed by atoms with Crippen LogP contribution in [0.2, 0.25) is 5.02 Å². The third-order valence-corrected chi connectivity index (χ3v) is 7.46. The summed E-state index contributed by atoms with van der Waals surface area (Å²) in [5, 5.41) is 16.5. The first-order valence-corrected chi connectivity index (χ1v) is 13.1. The van der Waals surface area contributed by atoms with Crippen molar-refractivity contribution in [1.82, 2.24) is 5.32 Å². The summed E-state index contributed by atoms with van der Waals surface area (Å²) in [6, 6.07) is 17.8. The summed E-state index contributed by atoms with van der Waals surface area (Å²) in [7, 11) is 0. The van der Waals surface area contributed by atoms with Gasteiger partial charge in [0, 0.05) is 34.3 Å². The van der Waals surface area contributed by atoms with Crippen molar-refractivity contribution < 1.29 is 33.6 Å². The van der Waals surface area contributed by atoms with Crippen molar-refractivity contribution in [2.45, 2.75) is 43.6 Å². The number of carbonyl (C=O) groups is 2. The summed E-state index contributed by atoms with van der Waals surface area (Å²) in [5.74, 6) is 1.31. The van der Waals surface area contributed by atoms with Crippen molar-refractivity contribution in [3.8, 4) is 17.2 Å². The lowest BCUT2D eigenvalue weighted by Crippen LogP contribution is -2.47. The number of rotatable bonds is 7. The van der Waals surface area contributed by atoms with Crippen LogP contribution >= 0.6 is 11.6 Å². The molecule has 0 aliphatic carbocycles. The van der Waals surface area contributed by atoms with Gasteiger partial charge < -0.3 is 34.7 Å². The number of aliphatic hydroxyl groups excluding tert-OH is 1. The van der Waals surface area contributed by atoms with Gasteiger partial charge in [-0.25, -0.2) is 0 Å². The van der Waals surface area contributed by atoms with Gasteiger partial charge in [-0.2, -0.15) is 0 Å². The van der Waals surface area contributed by atoms with Gasteiger partial charge >= 0.3 is 0 Å². The Balaban J connectivity index is 1.12. The first kappa shape index (κ1) is 25.5. The summed E-state index contributed by atoms with van der Waals surface area (Å²) in [4.78, 5) is 25.6. The van der Waals surface area contributed by atoms with Crippen LogP contribution in [0.3, 0.4) is 0 Å². The van der Waals surface area contributed by atoms with Crippen molar-refractivity contribution in [1.29, 1.82) is 0 Å². The third-order valence-electron chi connectivity index (χ3n) is 7.21. The van der Waals surface area contributed by atoms with Gasteiger partial charge in [0.1, 0.15) is 18.0 Å². The van der Waals surface area contributed by atoms with Gasteiger partial charge in [0.2, 0.25) is 12.7 Å². The van der Waals surface area contributed by atoms with Crippen LogP contribution in [-0.4, -0.2) is 48.6 Å². The highest BCUT2D eigenvalue weighted by molar-refractivity contribution is 6.30. The Morgan fingerprint density at radius 2 is 1.77 bits per heavy atom. The predicted octanol–water partition coefficient (Wildman–Crippen LogP) is 4.02. The molecule has 3 aliphatic rings. The van der Waals surface area contributed by atoms with Gasteiger partial charge in [-0.1, -0.05) is 23.7 Å². The maximum absolute atomic E-state index is 12.9. The topological polar surface area (TPSA) is 115 Å². The minimum absolute atomic E-state index is 0.0950. The van der Waals surface area contributed by atoms with Crippen molar-refractivity contribution in [3.63, 3.8) is 0 Å². The van der Waals surface area contributed by atoms with E-state index in [1.165, 1.54) is 0 Å². The minimum atomic E-state index is -0.572. The Hall–Kier alpha value is -3.79. The van der Waals surface area contributed by atoms with Gasteiger partial charge in [-0.15, -0.1) is 0 Å². The Morgan fingerprint density at radius 3 is 2.59 bits per heavy atom. The van der Waals surface area contributed by atoms with E-state index >= 15 is 0 Å². The van der Waals surface area contributed by atoms with Gasteiger partial charge in [-0.05, 0) is 60.5 Å². The Labute approximate surface area is 230 Å². The van der Waals surface area contributed by atoms with E-state index in [1.54, 1.807) is 36.4 Å². The molecule has 39 heavy (non-hydrogen) atoms. The molecular formula is C29H27ClN2O7. The van der Waals surface area contributed by atoms with E-state index in [-0.39, 0.29) is 43.7 Å². The molecule has 0 radical (unpaired) electrons. The number of nitrogens with one attached hydrogen (secondary N) is 2. The second-order valence-electron chi connectivity index (χ2n) is 9.79. The fourth-order valence-corrected chi connectivity index (χ4v) is 5.42. The zero-order valence-electron chi connectivity index (χ0n) is 20.9. The van der Waals surface area contributed by atoms with Crippen molar-refractivity contribution >= 4 is 29.1 Å². The van der Waals surface area contributed by atoms with Crippen LogP contribution in [0.4, 0.5) is 5.69 Å². The lowest BCUT2D eigenvalue weighted by molar-refractivity contribution is -0.142. The molecule has 202 valence electrons. The highest BCUT2D eigenvalue weighted by Gasteiger charge is 2.46. The normalized spacial score (nSPS) is 22.4. The van der Waals surface area contributed by atoms with Crippen LogP contribution in [0.25, 0.3) is 0 Å². The van der Waals surface area contributed by atoms with Gasteiger partial charge in [0.15, 0.2) is 11.5 Å². The van der Waals surface area contributed by atoms with Gasteiger partial charge in [0.05, 0.1) is 19.1 Å². The van der Waals surface area contributed by atoms with Crippen LogP contribution in [0.15, 0.2) is 60.7 Å². The number of benzene rings is 3. The largest absolute Gasteiger partial charge is 0.487 e. The van der Waals surface area contributed by atoms with Crippen LogP contribution in [0.5, 0.6) is 17.2 Å². The molecule has 3 aromatic rings. The molecule has 3 N–H and O–H groups in total. The molecule has 3 aliphatic heterocycles. The number of amides is 2. The molecule has 0 spiro atoms. The molecule has 0 bridgehead atoms. The average molecular weight is 551 g/mol. The number of hydrogen-bond donors (Lipinski definition) is 3. The lowest BCUT2D eigenvalue weighted by Gasteiger charge is -2.37. The quantitative estimate of drug-likeness (QED) is 0.407. The van der Waals surface area contributed by atoms with Crippen molar-refractivity contribution in [3.05, 3.63) is 82.4 Å². The van der Waals surface area contributed by atoms with E-state index in [1.807, 2.05) is 24.3 Å². The number of ether oxygens (including phenoxy) is 4. The third kappa shape index (κ3) is 5.38. The number of fused-ring (bicyclic) bond motifs is 4. The van der Waals surface area contributed by atoms with E-state index < -0.39 is 12.2 Å². The van der Waals surface area contributed by atoms with E-state index in [9.17, 15) is 14.7 Å². The first-order chi connectivity index (χ1) is 19.0. The second-order valence-corrected chi connectivity index (χ2v) is 10.2. The maximum Gasteiger partial charge on any atom is 0.255 e. The molecule has 3 aromatic carbocycles. The van der Waals surface area contributed by atoms with Crippen LogP contribution < -0.4 is 24.8 Å². The van der Waals surface area contributed by atoms with Crippen LogP contribution in [-0.2, 0) is 16.1 Å². The predicted molar refractivity (Wildman–Crippen MR) is 142 cm³/mol. The first-order valence-electron chi connectivity index (χ1n) is 12.8.